The summed E-state index contributed by atoms with van der Waals surface area (Å²) in [5, 5.41) is 21.0. The van der Waals surface area contributed by atoms with Crippen molar-refractivity contribution < 1.29 is 18.5 Å². The van der Waals surface area contributed by atoms with E-state index in [2.05, 4.69) is 41.3 Å². The largest absolute Gasteiger partial charge is 0.365 e. The Hall–Kier alpha value is -4.55. The molecule has 1 saturated carbocycles. The summed E-state index contributed by atoms with van der Waals surface area (Å²) in [6.07, 6.45) is 4.14. The van der Waals surface area contributed by atoms with Crippen molar-refractivity contribution in [3.05, 3.63) is 53.6 Å². The number of amides is 3. The molecule has 216 valence electrons. The van der Waals surface area contributed by atoms with Gasteiger partial charge in [-0.1, -0.05) is 38.1 Å². The molecule has 5 rings (SSSR count). The first-order valence-corrected chi connectivity index (χ1v) is 13.5. The molecule has 0 saturated heterocycles. The van der Waals surface area contributed by atoms with Gasteiger partial charge >= 0.3 is 6.03 Å². The van der Waals surface area contributed by atoms with Gasteiger partial charge in [-0.3, -0.25) is 9.89 Å². The van der Waals surface area contributed by atoms with Crippen LogP contribution in [0.15, 0.2) is 35.0 Å². The fourth-order valence-corrected chi connectivity index (χ4v) is 4.77. The number of aromatic amines is 1. The van der Waals surface area contributed by atoms with Crippen LogP contribution >= 0.6 is 0 Å². The van der Waals surface area contributed by atoms with E-state index in [0.717, 1.165) is 30.2 Å². The van der Waals surface area contributed by atoms with E-state index < -0.39 is 11.7 Å². The number of pyridine rings is 1. The second kappa shape index (κ2) is 11.1. The summed E-state index contributed by atoms with van der Waals surface area (Å²) in [4.78, 5) is 34.6. The van der Waals surface area contributed by atoms with Crippen LogP contribution in [0.25, 0.3) is 22.2 Å². The SMILES string of the molecule is CN(C)C(=O)N[C@H]1CC[C@@H](Nc2n[nH]c3nccc(-c4ccc(CNC(=O)c5noc(C(C)(C)C)n5)c(F)c4)c23)C1. The number of hydrogen-bond acceptors (Lipinski definition) is 8. The number of hydrogen-bond donors (Lipinski definition) is 4. The maximum absolute atomic E-state index is 15.2. The first-order chi connectivity index (χ1) is 19.5. The lowest BCUT2D eigenvalue weighted by Gasteiger charge is -2.18. The van der Waals surface area contributed by atoms with Crippen molar-refractivity contribution in [1.29, 1.82) is 0 Å². The van der Waals surface area contributed by atoms with E-state index in [1.807, 2.05) is 26.8 Å². The van der Waals surface area contributed by atoms with Gasteiger partial charge in [0, 0.05) is 49.9 Å². The number of fused-ring (bicyclic) bond motifs is 1. The second-order valence-electron chi connectivity index (χ2n) is 11.5. The van der Waals surface area contributed by atoms with Crippen LogP contribution in [-0.4, -0.2) is 68.3 Å². The number of benzene rings is 1. The summed E-state index contributed by atoms with van der Waals surface area (Å²) in [6.45, 7) is 5.66. The fourth-order valence-electron chi connectivity index (χ4n) is 4.77. The van der Waals surface area contributed by atoms with Crippen molar-refractivity contribution in [3.63, 3.8) is 0 Å². The number of nitrogens with one attached hydrogen (secondary N) is 4. The van der Waals surface area contributed by atoms with Gasteiger partial charge in [-0.15, -0.1) is 0 Å². The third-order valence-corrected chi connectivity index (χ3v) is 7.04. The van der Waals surface area contributed by atoms with Gasteiger partial charge in [0.1, 0.15) is 5.82 Å². The average molecular weight is 564 g/mol. The average Bonchev–Trinajstić information content (AvgIpc) is 3.68. The van der Waals surface area contributed by atoms with Crippen molar-refractivity contribution in [3.8, 4) is 11.1 Å². The van der Waals surface area contributed by atoms with Crippen LogP contribution in [0.1, 0.15) is 62.1 Å². The molecule has 4 N–H and O–H groups in total. The molecule has 3 heterocycles. The van der Waals surface area contributed by atoms with E-state index in [4.69, 9.17) is 4.52 Å². The number of halogens is 1. The molecule has 12 nitrogen and oxygen atoms in total. The molecule has 1 aromatic carbocycles. The number of urea groups is 1. The molecule has 1 aliphatic rings. The van der Waals surface area contributed by atoms with Crippen molar-refractivity contribution in [2.24, 2.45) is 0 Å². The fraction of sp³-hybridized carbons (Fsp3) is 0.429. The minimum atomic E-state index is -0.548. The normalized spacial score (nSPS) is 17.0. The van der Waals surface area contributed by atoms with Crippen molar-refractivity contribution in [2.45, 2.75) is 64.1 Å². The molecule has 0 aliphatic heterocycles. The summed E-state index contributed by atoms with van der Waals surface area (Å²) in [6, 6.07) is 6.76. The molecule has 41 heavy (non-hydrogen) atoms. The molecular weight excluding hydrogens is 529 g/mol. The van der Waals surface area contributed by atoms with Crippen molar-refractivity contribution in [1.82, 2.24) is 40.9 Å². The van der Waals surface area contributed by atoms with Crippen LogP contribution in [0.2, 0.25) is 0 Å². The molecule has 0 radical (unpaired) electrons. The first kappa shape index (κ1) is 28.0. The van der Waals surface area contributed by atoms with E-state index in [-0.39, 0.29) is 35.9 Å². The molecule has 4 aromatic rings. The number of anilines is 1. The van der Waals surface area contributed by atoms with Crippen LogP contribution in [-0.2, 0) is 12.0 Å². The Labute approximate surface area is 236 Å². The van der Waals surface area contributed by atoms with Crippen LogP contribution in [0.3, 0.4) is 0 Å². The third kappa shape index (κ3) is 6.13. The molecule has 0 bridgehead atoms. The lowest BCUT2D eigenvalue weighted by atomic mass is 9.97. The predicted molar refractivity (Wildman–Crippen MR) is 151 cm³/mol. The number of aromatic nitrogens is 5. The lowest BCUT2D eigenvalue weighted by Crippen LogP contribution is -2.40. The van der Waals surface area contributed by atoms with E-state index >= 15 is 4.39 Å². The molecule has 3 amide bonds. The van der Waals surface area contributed by atoms with E-state index in [1.165, 1.54) is 11.0 Å². The van der Waals surface area contributed by atoms with Crippen LogP contribution in [0.4, 0.5) is 15.0 Å². The van der Waals surface area contributed by atoms with Gasteiger partial charge in [0.2, 0.25) is 5.89 Å². The number of carbonyl (C=O) groups is 2. The van der Waals surface area contributed by atoms with Gasteiger partial charge in [0.25, 0.3) is 11.7 Å². The monoisotopic (exact) mass is 563 g/mol. The summed E-state index contributed by atoms with van der Waals surface area (Å²) < 4.78 is 20.4. The minimum absolute atomic E-state index is 0.0399. The van der Waals surface area contributed by atoms with Gasteiger partial charge in [-0.25, -0.2) is 14.2 Å². The second-order valence-corrected chi connectivity index (χ2v) is 11.5. The first-order valence-electron chi connectivity index (χ1n) is 13.5. The molecule has 1 aliphatic carbocycles. The topological polar surface area (TPSA) is 154 Å². The maximum atomic E-state index is 15.2. The maximum Gasteiger partial charge on any atom is 0.317 e. The van der Waals surface area contributed by atoms with E-state index in [1.54, 1.807) is 32.4 Å². The van der Waals surface area contributed by atoms with E-state index in [9.17, 15) is 9.59 Å². The van der Waals surface area contributed by atoms with Gasteiger partial charge in [-0.05, 0) is 42.5 Å². The minimum Gasteiger partial charge on any atom is -0.365 e. The zero-order chi connectivity index (χ0) is 29.3. The Morgan fingerprint density at radius 3 is 2.66 bits per heavy atom. The van der Waals surface area contributed by atoms with Crippen LogP contribution in [0, 0.1) is 5.82 Å². The van der Waals surface area contributed by atoms with Gasteiger partial charge < -0.3 is 25.4 Å². The molecule has 0 spiro atoms. The zero-order valence-corrected chi connectivity index (χ0v) is 23.7. The number of nitrogens with zero attached hydrogens (tertiary/aromatic N) is 5. The molecule has 2 atom stereocenters. The highest BCUT2D eigenvalue weighted by Crippen LogP contribution is 2.34. The Morgan fingerprint density at radius 2 is 1.95 bits per heavy atom. The Kier molecular flexibility index (Phi) is 7.61. The smallest absolute Gasteiger partial charge is 0.317 e. The Bertz CT molecular complexity index is 1570. The molecule has 1 fully saturated rings. The Morgan fingerprint density at radius 1 is 1.17 bits per heavy atom. The predicted octanol–water partition coefficient (Wildman–Crippen LogP) is 3.98. The summed E-state index contributed by atoms with van der Waals surface area (Å²) >= 11 is 0. The van der Waals surface area contributed by atoms with Gasteiger partial charge in [0.05, 0.1) is 5.39 Å². The third-order valence-electron chi connectivity index (χ3n) is 7.04. The standard InChI is InChI=1S/C28H34FN9O3/c1-28(2,3)26-34-24(37-41-26)25(39)31-14-16-7-6-15(12-20(16)29)19-10-11-30-22-21(19)23(36-35-22)32-17-8-9-18(13-17)33-27(40)38(4)5/h6-7,10-12,17-18H,8-9,13-14H2,1-5H3,(H,31,39)(H,33,40)(H2,30,32,35,36)/t17-,18+/m1/s1. The van der Waals surface area contributed by atoms with Crippen LogP contribution < -0.4 is 16.0 Å². The molecule has 0 unspecified atom stereocenters. The van der Waals surface area contributed by atoms with Crippen molar-refractivity contribution in [2.75, 3.05) is 19.4 Å². The van der Waals surface area contributed by atoms with Crippen molar-refractivity contribution >= 4 is 28.8 Å². The highest BCUT2D eigenvalue weighted by molar-refractivity contribution is 6.00. The highest BCUT2D eigenvalue weighted by atomic mass is 19.1. The number of H-pyrrole nitrogens is 1. The van der Waals surface area contributed by atoms with E-state index in [0.29, 0.717) is 28.5 Å². The Balaban J connectivity index is 1.29. The summed E-state index contributed by atoms with van der Waals surface area (Å²) in [7, 11) is 3.43. The zero-order valence-electron chi connectivity index (χ0n) is 23.7. The molecule has 13 heteroatoms. The lowest BCUT2D eigenvalue weighted by molar-refractivity contribution is 0.0937. The summed E-state index contributed by atoms with van der Waals surface area (Å²) in [5.74, 6) is -0.143. The number of carbonyl (C=O) groups excluding carboxylic acids is 2. The quantitative estimate of drug-likeness (QED) is 0.263. The van der Waals surface area contributed by atoms with Gasteiger partial charge in [-0.2, -0.15) is 10.1 Å². The van der Waals surface area contributed by atoms with Gasteiger partial charge in [0.15, 0.2) is 11.5 Å². The summed E-state index contributed by atoms with van der Waals surface area (Å²) in [5.41, 5.74) is 1.91. The molecule has 3 aromatic heterocycles. The molecular formula is C28H34FN9O3. The number of rotatable bonds is 7. The highest BCUT2D eigenvalue weighted by Gasteiger charge is 2.28. The van der Waals surface area contributed by atoms with Crippen LogP contribution in [0.5, 0.6) is 0 Å².